The van der Waals surface area contributed by atoms with Crippen molar-refractivity contribution in [3.8, 4) is 0 Å². The number of rotatable bonds is 4. The van der Waals surface area contributed by atoms with Gasteiger partial charge in [-0.1, -0.05) is 18.3 Å². The van der Waals surface area contributed by atoms with Crippen LogP contribution >= 0.6 is 22.9 Å². The highest BCUT2D eigenvalue weighted by Crippen LogP contribution is 2.30. The molecule has 3 heterocycles. The van der Waals surface area contributed by atoms with Crippen molar-refractivity contribution < 1.29 is 4.74 Å². The second-order valence-electron chi connectivity index (χ2n) is 6.75. The first-order valence-corrected chi connectivity index (χ1v) is 10.3. The van der Waals surface area contributed by atoms with Gasteiger partial charge in [-0.05, 0) is 43.7 Å². The second-order valence-corrected chi connectivity index (χ2v) is 8.15. The van der Waals surface area contributed by atoms with Gasteiger partial charge in [-0.2, -0.15) is 4.98 Å². The van der Waals surface area contributed by atoms with Crippen LogP contribution in [0.25, 0.3) is 10.3 Å². The van der Waals surface area contributed by atoms with E-state index >= 15 is 0 Å². The Balaban J connectivity index is 1.43. The fourth-order valence-corrected chi connectivity index (χ4v) is 4.91. The Bertz CT molecular complexity index is 725. The van der Waals surface area contributed by atoms with E-state index in [9.17, 15) is 0 Å². The van der Waals surface area contributed by atoms with E-state index in [1.807, 2.05) is 0 Å². The van der Waals surface area contributed by atoms with E-state index in [-0.39, 0.29) is 0 Å². The second kappa shape index (κ2) is 7.70. The maximum absolute atomic E-state index is 6.12. The number of aryl methyl sites for hydroxylation is 1. The largest absolute Gasteiger partial charge is 0.379 e. The summed E-state index contributed by atoms with van der Waals surface area (Å²) in [5.74, 6) is 0.792. The molecule has 1 aliphatic carbocycles. The summed E-state index contributed by atoms with van der Waals surface area (Å²) in [5, 5.41) is 4.96. The number of ether oxygens (including phenoxy) is 1. The molecule has 4 rings (SSSR count). The Labute approximate surface area is 157 Å². The van der Waals surface area contributed by atoms with Gasteiger partial charge in [-0.25, -0.2) is 9.97 Å². The predicted octanol–water partition coefficient (Wildman–Crippen LogP) is 3.36. The number of morpholine rings is 1. The highest BCUT2D eigenvalue weighted by Gasteiger charge is 2.27. The zero-order valence-electron chi connectivity index (χ0n) is 14.5. The summed E-state index contributed by atoms with van der Waals surface area (Å²) in [6, 6.07) is 1.13. The van der Waals surface area contributed by atoms with Crippen LogP contribution in [0.1, 0.15) is 37.6 Å². The molecule has 6 nitrogen and oxygen atoms in total. The minimum atomic E-state index is 0.295. The average molecular weight is 382 g/mol. The van der Waals surface area contributed by atoms with Crippen LogP contribution in [-0.4, -0.2) is 58.2 Å². The summed E-state index contributed by atoms with van der Waals surface area (Å²) in [6.45, 7) is 6.00. The summed E-state index contributed by atoms with van der Waals surface area (Å²) in [6.07, 6.45) is 5.64. The van der Waals surface area contributed by atoms with E-state index in [0.717, 1.165) is 66.7 Å². The Kier molecular flexibility index (Phi) is 5.36. The van der Waals surface area contributed by atoms with Crippen molar-refractivity contribution in [3.63, 3.8) is 0 Å². The van der Waals surface area contributed by atoms with Gasteiger partial charge in [0.25, 0.3) is 0 Å². The number of hydrogen-bond donors (Lipinski definition) is 1. The van der Waals surface area contributed by atoms with Crippen molar-refractivity contribution in [2.24, 2.45) is 0 Å². The standard InChI is InChI=1S/C17H24ClN5OS/c1-2-13-20-14-15(21-17(18)22-16(14)25-13)19-11-3-5-12(6-4-11)23-7-9-24-10-8-23/h11-12H,2-10H2,1H3,(H,19,21,22). The summed E-state index contributed by atoms with van der Waals surface area (Å²) in [4.78, 5) is 16.9. The molecule has 0 unspecified atom stereocenters. The molecule has 1 N–H and O–H groups in total. The predicted molar refractivity (Wildman–Crippen MR) is 102 cm³/mol. The lowest BCUT2D eigenvalue weighted by Crippen LogP contribution is -2.46. The summed E-state index contributed by atoms with van der Waals surface area (Å²) < 4.78 is 5.47. The Morgan fingerprint density at radius 2 is 1.92 bits per heavy atom. The maximum atomic E-state index is 6.12. The Hall–Kier alpha value is -1.02. The van der Waals surface area contributed by atoms with Gasteiger partial charge >= 0.3 is 0 Å². The molecule has 0 radical (unpaired) electrons. The van der Waals surface area contributed by atoms with Gasteiger partial charge in [0.15, 0.2) is 10.6 Å². The number of nitrogens with zero attached hydrogens (tertiary/aromatic N) is 4. The normalized spacial score (nSPS) is 25.4. The molecule has 1 saturated heterocycles. The molecule has 0 atom stereocenters. The molecule has 2 aromatic rings. The average Bonchev–Trinajstić information content (AvgIpc) is 3.06. The summed E-state index contributed by atoms with van der Waals surface area (Å²) in [7, 11) is 0. The molecule has 1 saturated carbocycles. The van der Waals surface area contributed by atoms with E-state index in [1.165, 1.54) is 12.8 Å². The molecule has 136 valence electrons. The zero-order chi connectivity index (χ0) is 17.2. The van der Waals surface area contributed by atoms with Crippen LogP contribution < -0.4 is 5.32 Å². The Morgan fingerprint density at radius 3 is 2.64 bits per heavy atom. The van der Waals surface area contributed by atoms with E-state index in [4.69, 9.17) is 16.3 Å². The highest BCUT2D eigenvalue weighted by molar-refractivity contribution is 7.18. The van der Waals surface area contributed by atoms with Crippen molar-refractivity contribution in [2.75, 3.05) is 31.6 Å². The first kappa shape index (κ1) is 17.4. The third-order valence-electron chi connectivity index (χ3n) is 5.18. The van der Waals surface area contributed by atoms with Gasteiger partial charge in [0.05, 0.1) is 18.2 Å². The summed E-state index contributed by atoms with van der Waals surface area (Å²) >= 11 is 7.72. The van der Waals surface area contributed by atoms with Gasteiger partial charge in [0.2, 0.25) is 5.28 Å². The molecule has 1 aliphatic heterocycles. The number of anilines is 1. The topological polar surface area (TPSA) is 63.2 Å². The van der Waals surface area contributed by atoms with Crippen molar-refractivity contribution in [2.45, 2.75) is 51.1 Å². The van der Waals surface area contributed by atoms with Crippen LogP contribution in [0.3, 0.4) is 0 Å². The molecule has 0 amide bonds. The molecule has 0 aromatic carbocycles. The van der Waals surface area contributed by atoms with Gasteiger partial charge in [-0.15, -0.1) is 0 Å². The van der Waals surface area contributed by atoms with E-state index in [2.05, 4.69) is 32.1 Å². The molecule has 2 aromatic heterocycles. The van der Waals surface area contributed by atoms with Gasteiger partial charge < -0.3 is 10.1 Å². The smallest absolute Gasteiger partial charge is 0.225 e. The minimum Gasteiger partial charge on any atom is -0.379 e. The van der Waals surface area contributed by atoms with Crippen LogP contribution in [-0.2, 0) is 11.2 Å². The minimum absolute atomic E-state index is 0.295. The third-order valence-corrected chi connectivity index (χ3v) is 6.44. The van der Waals surface area contributed by atoms with Crippen LogP contribution in [0, 0.1) is 0 Å². The van der Waals surface area contributed by atoms with Crippen molar-refractivity contribution >= 4 is 39.1 Å². The third kappa shape index (κ3) is 3.89. The first-order chi connectivity index (χ1) is 12.2. The SMILES string of the molecule is CCc1nc2c(NC3CCC(N4CCOCC4)CC3)nc(Cl)nc2s1. The zero-order valence-corrected chi connectivity index (χ0v) is 16.1. The fraction of sp³-hybridized carbons (Fsp3) is 0.706. The number of halogens is 1. The molecule has 25 heavy (non-hydrogen) atoms. The van der Waals surface area contributed by atoms with Gasteiger partial charge in [-0.3, -0.25) is 4.90 Å². The van der Waals surface area contributed by atoms with Crippen molar-refractivity contribution in [3.05, 3.63) is 10.3 Å². The van der Waals surface area contributed by atoms with E-state index < -0.39 is 0 Å². The molecular weight excluding hydrogens is 358 g/mol. The molecule has 8 heteroatoms. The van der Waals surface area contributed by atoms with Crippen LogP contribution in [0.15, 0.2) is 0 Å². The lowest BCUT2D eigenvalue weighted by atomic mass is 9.90. The lowest BCUT2D eigenvalue weighted by molar-refractivity contribution is 0.00791. The van der Waals surface area contributed by atoms with Crippen molar-refractivity contribution in [1.82, 2.24) is 19.9 Å². The van der Waals surface area contributed by atoms with Crippen LogP contribution in [0.2, 0.25) is 5.28 Å². The Morgan fingerprint density at radius 1 is 1.16 bits per heavy atom. The molecular formula is C17H24ClN5OS. The number of fused-ring (bicyclic) bond motifs is 1. The number of nitrogens with one attached hydrogen (secondary N) is 1. The summed E-state index contributed by atoms with van der Waals surface area (Å²) in [5.41, 5.74) is 0.863. The number of hydrogen-bond acceptors (Lipinski definition) is 7. The quantitative estimate of drug-likeness (QED) is 0.819. The molecule has 0 bridgehead atoms. The number of thiazole rings is 1. The lowest BCUT2D eigenvalue weighted by Gasteiger charge is -2.39. The number of aromatic nitrogens is 3. The molecule has 2 fully saturated rings. The van der Waals surface area contributed by atoms with Gasteiger partial charge in [0, 0.05) is 25.2 Å². The van der Waals surface area contributed by atoms with Crippen molar-refractivity contribution in [1.29, 1.82) is 0 Å². The van der Waals surface area contributed by atoms with E-state index in [1.54, 1.807) is 11.3 Å². The first-order valence-electron chi connectivity index (χ1n) is 9.14. The van der Waals surface area contributed by atoms with Crippen LogP contribution in [0.5, 0.6) is 0 Å². The monoisotopic (exact) mass is 381 g/mol. The van der Waals surface area contributed by atoms with Gasteiger partial charge in [0.1, 0.15) is 5.52 Å². The fourth-order valence-electron chi connectivity index (χ4n) is 3.81. The van der Waals surface area contributed by atoms with Crippen LogP contribution in [0.4, 0.5) is 5.82 Å². The van der Waals surface area contributed by atoms with E-state index in [0.29, 0.717) is 17.4 Å². The maximum Gasteiger partial charge on any atom is 0.225 e. The molecule has 0 spiro atoms. The highest BCUT2D eigenvalue weighted by atomic mass is 35.5. The molecule has 2 aliphatic rings.